The molecule has 0 amide bonds. The molecule has 0 spiro atoms. The molecule has 2 rings (SSSR count). The van der Waals surface area contributed by atoms with Crippen LogP contribution in [0.25, 0.3) is 0 Å². The summed E-state index contributed by atoms with van der Waals surface area (Å²) in [5.41, 5.74) is 2.39. The van der Waals surface area contributed by atoms with Gasteiger partial charge in [-0.05, 0) is 18.1 Å². The molecule has 1 N–H and O–H groups in total. The van der Waals surface area contributed by atoms with Gasteiger partial charge in [-0.1, -0.05) is 50.1 Å². The molecule has 2 aromatic rings. The van der Waals surface area contributed by atoms with Crippen LogP contribution in [0.2, 0.25) is 0 Å². The van der Waals surface area contributed by atoms with Crippen LogP contribution in [-0.4, -0.2) is 9.97 Å². The van der Waals surface area contributed by atoms with Crippen molar-refractivity contribution in [2.45, 2.75) is 38.8 Å². The highest BCUT2D eigenvalue weighted by Crippen LogP contribution is 2.19. The molecule has 0 bridgehead atoms. The minimum atomic E-state index is 0.399. The molecular formula is C16H21N3. The van der Waals surface area contributed by atoms with Gasteiger partial charge in [-0.3, -0.25) is 0 Å². The number of hydrogen-bond acceptors (Lipinski definition) is 3. The van der Waals surface area contributed by atoms with Crippen molar-refractivity contribution in [1.82, 2.24) is 15.3 Å². The highest BCUT2D eigenvalue weighted by molar-refractivity contribution is 5.19. The number of nitrogens with zero attached hydrogens (tertiary/aromatic N) is 2. The first-order chi connectivity index (χ1) is 9.40. The lowest BCUT2D eigenvalue weighted by Gasteiger charge is -2.18. The standard InChI is InChI=1S/C16H21N3/c1-2-3-9-16(14-7-5-4-6-8-14)18-12-15-10-11-17-13-19-15/h4-8,10-11,13,16,18H,2-3,9,12H2,1H3. The first-order valence-electron chi connectivity index (χ1n) is 6.93. The van der Waals surface area contributed by atoms with Crippen LogP contribution in [0, 0.1) is 0 Å². The molecule has 0 saturated carbocycles. The van der Waals surface area contributed by atoms with Crippen molar-refractivity contribution in [3.63, 3.8) is 0 Å². The molecule has 0 aliphatic rings. The highest BCUT2D eigenvalue weighted by Gasteiger charge is 2.10. The Hall–Kier alpha value is -1.74. The van der Waals surface area contributed by atoms with Crippen LogP contribution in [0.1, 0.15) is 43.5 Å². The summed E-state index contributed by atoms with van der Waals surface area (Å²) >= 11 is 0. The van der Waals surface area contributed by atoms with E-state index >= 15 is 0 Å². The van der Waals surface area contributed by atoms with Crippen molar-refractivity contribution >= 4 is 0 Å². The normalized spacial score (nSPS) is 12.3. The Kier molecular flexibility index (Phi) is 5.50. The molecule has 1 unspecified atom stereocenters. The minimum Gasteiger partial charge on any atom is -0.304 e. The topological polar surface area (TPSA) is 37.8 Å². The Morgan fingerprint density at radius 1 is 1.16 bits per heavy atom. The van der Waals surface area contributed by atoms with Gasteiger partial charge in [-0.2, -0.15) is 0 Å². The average Bonchev–Trinajstić information content (AvgIpc) is 2.49. The van der Waals surface area contributed by atoms with E-state index in [9.17, 15) is 0 Å². The summed E-state index contributed by atoms with van der Waals surface area (Å²) in [4.78, 5) is 8.19. The monoisotopic (exact) mass is 255 g/mol. The van der Waals surface area contributed by atoms with Gasteiger partial charge in [0, 0.05) is 18.8 Å². The summed E-state index contributed by atoms with van der Waals surface area (Å²) in [6.45, 7) is 3.01. The Morgan fingerprint density at radius 2 is 2.00 bits per heavy atom. The van der Waals surface area contributed by atoms with Crippen LogP contribution in [0.4, 0.5) is 0 Å². The molecule has 0 fully saturated rings. The molecule has 1 aromatic carbocycles. The Balaban J connectivity index is 1.98. The molecule has 0 radical (unpaired) electrons. The van der Waals surface area contributed by atoms with Gasteiger partial charge in [-0.25, -0.2) is 9.97 Å². The SMILES string of the molecule is CCCCC(NCc1ccncn1)c1ccccc1. The van der Waals surface area contributed by atoms with Crippen molar-refractivity contribution in [3.8, 4) is 0 Å². The van der Waals surface area contributed by atoms with E-state index in [0.717, 1.165) is 18.7 Å². The molecule has 1 heterocycles. The lowest BCUT2D eigenvalue weighted by atomic mass is 10.0. The number of rotatable bonds is 7. The van der Waals surface area contributed by atoms with E-state index < -0.39 is 0 Å². The quantitative estimate of drug-likeness (QED) is 0.823. The van der Waals surface area contributed by atoms with Crippen molar-refractivity contribution in [1.29, 1.82) is 0 Å². The molecule has 19 heavy (non-hydrogen) atoms. The van der Waals surface area contributed by atoms with Gasteiger partial charge in [0.1, 0.15) is 6.33 Å². The molecule has 3 nitrogen and oxygen atoms in total. The fourth-order valence-electron chi connectivity index (χ4n) is 2.13. The second-order valence-electron chi connectivity index (χ2n) is 4.69. The maximum Gasteiger partial charge on any atom is 0.115 e. The van der Waals surface area contributed by atoms with Crippen molar-refractivity contribution < 1.29 is 0 Å². The van der Waals surface area contributed by atoms with E-state index in [1.54, 1.807) is 12.5 Å². The van der Waals surface area contributed by atoms with Gasteiger partial charge in [-0.15, -0.1) is 0 Å². The maximum atomic E-state index is 4.25. The van der Waals surface area contributed by atoms with Gasteiger partial charge in [0.25, 0.3) is 0 Å². The summed E-state index contributed by atoms with van der Waals surface area (Å²) in [5, 5.41) is 3.60. The van der Waals surface area contributed by atoms with Crippen LogP contribution in [0.3, 0.4) is 0 Å². The minimum absolute atomic E-state index is 0.399. The summed E-state index contributed by atoms with van der Waals surface area (Å²) in [6, 6.07) is 13.0. The molecular weight excluding hydrogens is 234 g/mol. The zero-order valence-electron chi connectivity index (χ0n) is 11.4. The van der Waals surface area contributed by atoms with Crippen LogP contribution in [0.5, 0.6) is 0 Å². The third-order valence-corrected chi connectivity index (χ3v) is 3.22. The Labute approximate surface area is 115 Å². The van der Waals surface area contributed by atoms with Gasteiger partial charge >= 0.3 is 0 Å². The Bertz CT molecular complexity index is 456. The van der Waals surface area contributed by atoms with Gasteiger partial charge in [0.05, 0.1) is 5.69 Å². The van der Waals surface area contributed by atoms with Crippen molar-refractivity contribution in [2.24, 2.45) is 0 Å². The predicted molar refractivity (Wildman–Crippen MR) is 77.6 cm³/mol. The molecule has 1 aromatic heterocycles. The van der Waals surface area contributed by atoms with E-state index in [4.69, 9.17) is 0 Å². The van der Waals surface area contributed by atoms with Crippen LogP contribution in [-0.2, 0) is 6.54 Å². The van der Waals surface area contributed by atoms with Gasteiger partial charge < -0.3 is 5.32 Å². The largest absolute Gasteiger partial charge is 0.304 e. The third-order valence-electron chi connectivity index (χ3n) is 3.22. The van der Waals surface area contributed by atoms with E-state index in [2.05, 4.69) is 52.5 Å². The molecule has 3 heteroatoms. The second kappa shape index (κ2) is 7.64. The summed E-state index contributed by atoms with van der Waals surface area (Å²) in [6.07, 6.45) is 6.99. The second-order valence-corrected chi connectivity index (χ2v) is 4.69. The predicted octanol–water partition coefficient (Wildman–Crippen LogP) is 3.50. The van der Waals surface area contributed by atoms with Crippen LogP contribution < -0.4 is 5.32 Å². The summed E-state index contributed by atoms with van der Waals surface area (Å²) in [7, 11) is 0. The number of aromatic nitrogens is 2. The van der Waals surface area contributed by atoms with E-state index in [0.29, 0.717) is 6.04 Å². The zero-order chi connectivity index (χ0) is 13.3. The molecule has 0 aliphatic heterocycles. The van der Waals surface area contributed by atoms with E-state index in [1.165, 1.54) is 18.4 Å². The van der Waals surface area contributed by atoms with E-state index in [-0.39, 0.29) is 0 Å². The van der Waals surface area contributed by atoms with Gasteiger partial charge in [0.2, 0.25) is 0 Å². The molecule has 0 aliphatic carbocycles. The first-order valence-corrected chi connectivity index (χ1v) is 6.93. The summed E-state index contributed by atoms with van der Waals surface area (Å²) < 4.78 is 0. The molecule has 1 atom stereocenters. The summed E-state index contributed by atoms with van der Waals surface area (Å²) in [5.74, 6) is 0. The fraction of sp³-hybridized carbons (Fsp3) is 0.375. The molecule has 0 saturated heterocycles. The number of nitrogens with one attached hydrogen (secondary N) is 1. The van der Waals surface area contributed by atoms with E-state index in [1.807, 2.05) is 6.07 Å². The highest BCUT2D eigenvalue weighted by atomic mass is 14.9. The number of unbranched alkanes of at least 4 members (excludes halogenated alkanes) is 1. The van der Waals surface area contributed by atoms with Crippen LogP contribution in [0.15, 0.2) is 48.9 Å². The van der Waals surface area contributed by atoms with Crippen LogP contribution >= 0.6 is 0 Å². The Morgan fingerprint density at radius 3 is 2.68 bits per heavy atom. The molecule has 100 valence electrons. The first kappa shape index (κ1) is 13.7. The third kappa shape index (κ3) is 4.45. The maximum absolute atomic E-state index is 4.25. The number of benzene rings is 1. The lowest BCUT2D eigenvalue weighted by Crippen LogP contribution is -2.21. The fourth-order valence-corrected chi connectivity index (χ4v) is 2.13. The zero-order valence-corrected chi connectivity index (χ0v) is 11.4. The van der Waals surface area contributed by atoms with Crippen molar-refractivity contribution in [2.75, 3.05) is 0 Å². The van der Waals surface area contributed by atoms with Gasteiger partial charge in [0.15, 0.2) is 0 Å². The smallest absolute Gasteiger partial charge is 0.115 e. The number of hydrogen-bond donors (Lipinski definition) is 1. The van der Waals surface area contributed by atoms with Crippen molar-refractivity contribution in [3.05, 3.63) is 60.2 Å². The lowest BCUT2D eigenvalue weighted by molar-refractivity contribution is 0.477. The average molecular weight is 255 g/mol.